The second kappa shape index (κ2) is 13.0. The zero-order chi connectivity index (χ0) is 21.2. The van der Waals surface area contributed by atoms with Crippen LogP contribution in [0.1, 0.15) is 19.4 Å². The van der Waals surface area contributed by atoms with Gasteiger partial charge in [-0.05, 0) is 38.0 Å². The summed E-state index contributed by atoms with van der Waals surface area (Å²) in [5.41, 5.74) is 1.33. The monoisotopic (exact) mass is 542 g/mol. The number of hydrogen-bond acceptors (Lipinski definition) is 5. The summed E-state index contributed by atoms with van der Waals surface area (Å²) in [6.07, 6.45) is 4.78. The zero-order valence-electron chi connectivity index (χ0n) is 18.5. The van der Waals surface area contributed by atoms with Crippen molar-refractivity contribution in [2.75, 3.05) is 52.5 Å². The van der Waals surface area contributed by atoms with Crippen LogP contribution >= 0.6 is 24.0 Å². The summed E-state index contributed by atoms with van der Waals surface area (Å²) in [5, 5.41) is 21.8. The molecule has 0 aliphatic carbocycles. The zero-order valence-corrected chi connectivity index (χ0v) is 20.8. The van der Waals surface area contributed by atoms with Crippen molar-refractivity contribution >= 4 is 29.9 Å². The van der Waals surface area contributed by atoms with Crippen LogP contribution in [0.5, 0.6) is 0 Å². The lowest BCUT2D eigenvalue weighted by Gasteiger charge is -2.33. The Labute approximate surface area is 202 Å². The summed E-state index contributed by atoms with van der Waals surface area (Å²) in [5.74, 6) is 0.718. The molecule has 0 spiro atoms. The fraction of sp³-hybridized carbons (Fsp3) is 0.545. The first kappa shape index (κ1) is 25.6. The Bertz CT molecular complexity index is 790. The number of benzene rings is 1. The van der Waals surface area contributed by atoms with Crippen molar-refractivity contribution in [2.45, 2.75) is 25.9 Å². The summed E-state index contributed by atoms with van der Waals surface area (Å²) in [6, 6.07) is 10.1. The molecule has 3 N–H and O–H groups in total. The van der Waals surface area contributed by atoms with Crippen LogP contribution in [0, 0.1) is 0 Å². The van der Waals surface area contributed by atoms with E-state index in [1.807, 2.05) is 61.3 Å². The van der Waals surface area contributed by atoms with Crippen molar-refractivity contribution in [3.05, 3.63) is 48.3 Å². The van der Waals surface area contributed by atoms with E-state index in [2.05, 4.69) is 25.6 Å². The smallest absolute Gasteiger partial charge is 0.191 e. The van der Waals surface area contributed by atoms with Crippen LogP contribution in [0.4, 0.5) is 0 Å². The van der Waals surface area contributed by atoms with Gasteiger partial charge in [-0.2, -0.15) is 5.10 Å². The van der Waals surface area contributed by atoms with Gasteiger partial charge in [0.2, 0.25) is 0 Å². The minimum atomic E-state index is -0.878. The molecule has 0 bridgehead atoms. The Morgan fingerprint density at radius 1 is 1.23 bits per heavy atom. The van der Waals surface area contributed by atoms with Crippen LogP contribution in [-0.4, -0.2) is 83.8 Å². The number of ether oxygens (including phenoxy) is 1. The van der Waals surface area contributed by atoms with Crippen LogP contribution in [0.3, 0.4) is 0 Å². The summed E-state index contributed by atoms with van der Waals surface area (Å²) in [4.78, 5) is 6.83. The predicted octanol–water partition coefficient (Wildman–Crippen LogP) is 1.67. The number of halogens is 1. The van der Waals surface area contributed by atoms with Gasteiger partial charge < -0.3 is 20.5 Å². The maximum absolute atomic E-state index is 10.7. The second-order valence-corrected chi connectivity index (χ2v) is 7.89. The molecule has 1 aromatic heterocycles. The molecule has 1 fully saturated rings. The van der Waals surface area contributed by atoms with Gasteiger partial charge in [0.1, 0.15) is 0 Å². The molecule has 1 unspecified atom stereocenters. The van der Waals surface area contributed by atoms with E-state index >= 15 is 0 Å². The van der Waals surface area contributed by atoms with E-state index in [1.54, 1.807) is 0 Å². The fourth-order valence-corrected chi connectivity index (χ4v) is 3.42. The molecule has 1 aromatic carbocycles. The maximum atomic E-state index is 10.7. The molecule has 9 heteroatoms. The highest BCUT2D eigenvalue weighted by atomic mass is 127. The molecular weight excluding hydrogens is 507 g/mol. The topological polar surface area (TPSA) is 86.9 Å². The molecule has 1 aliphatic heterocycles. The molecule has 0 amide bonds. The Morgan fingerprint density at radius 2 is 1.97 bits per heavy atom. The molecule has 3 rings (SSSR count). The molecule has 1 aliphatic rings. The van der Waals surface area contributed by atoms with E-state index in [-0.39, 0.29) is 24.0 Å². The van der Waals surface area contributed by atoms with E-state index in [0.29, 0.717) is 13.1 Å². The van der Waals surface area contributed by atoms with Crippen molar-refractivity contribution in [3.8, 4) is 5.69 Å². The number of hydrogen-bond donors (Lipinski definition) is 3. The van der Waals surface area contributed by atoms with E-state index in [1.165, 1.54) is 0 Å². The van der Waals surface area contributed by atoms with Crippen molar-refractivity contribution in [1.82, 2.24) is 25.3 Å². The lowest BCUT2D eigenvalue weighted by molar-refractivity contribution is -0.0179. The Morgan fingerprint density at radius 3 is 2.68 bits per heavy atom. The van der Waals surface area contributed by atoms with Gasteiger partial charge in [0, 0.05) is 38.9 Å². The van der Waals surface area contributed by atoms with Gasteiger partial charge in [-0.3, -0.25) is 9.89 Å². The summed E-state index contributed by atoms with van der Waals surface area (Å²) < 4.78 is 7.26. The van der Waals surface area contributed by atoms with Gasteiger partial charge in [-0.1, -0.05) is 18.2 Å². The maximum Gasteiger partial charge on any atom is 0.191 e. The van der Waals surface area contributed by atoms with Gasteiger partial charge in [-0.15, -0.1) is 24.0 Å². The highest BCUT2D eigenvalue weighted by Gasteiger charge is 2.25. The number of aromatic nitrogens is 2. The van der Waals surface area contributed by atoms with Crippen LogP contribution in [0.15, 0.2) is 47.7 Å². The number of morpholine rings is 1. The summed E-state index contributed by atoms with van der Waals surface area (Å²) >= 11 is 0. The van der Waals surface area contributed by atoms with Crippen molar-refractivity contribution in [1.29, 1.82) is 0 Å². The lowest BCUT2D eigenvalue weighted by atomic mass is 10.1. The van der Waals surface area contributed by atoms with E-state index in [0.717, 1.165) is 63.0 Å². The lowest BCUT2D eigenvalue weighted by Crippen LogP contribution is -2.48. The Kier molecular flexibility index (Phi) is 10.7. The van der Waals surface area contributed by atoms with Crippen LogP contribution in [0.2, 0.25) is 0 Å². The quantitative estimate of drug-likeness (QED) is 0.254. The molecule has 8 nitrogen and oxygen atoms in total. The predicted molar refractivity (Wildman–Crippen MR) is 135 cm³/mol. The fourth-order valence-electron chi connectivity index (χ4n) is 3.42. The number of aliphatic imine (C=N–C) groups is 1. The number of rotatable bonds is 9. The third kappa shape index (κ3) is 8.76. The largest absolute Gasteiger partial charge is 0.387 e. The van der Waals surface area contributed by atoms with Crippen molar-refractivity contribution in [2.24, 2.45) is 4.99 Å². The highest BCUT2D eigenvalue weighted by molar-refractivity contribution is 14.0. The minimum Gasteiger partial charge on any atom is -0.387 e. The van der Waals surface area contributed by atoms with Crippen LogP contribution in [-0.2, 0) is 11.2 Å². The standard InChI is InChI=1S/C22H34N6O2.HI/c1-3-23-21(25-17-22(2,29)18-27-11-13-30-14-12-27)24-10-9-19-15-26-28(16-19)20-7-5-4-6-8-20;/h4-8,15-16,29H,3,9-14,17-18H2,1-2H3,(H2,23,24,25);1H. The third-order valence-electron chi connectivity index (χ3n) is 4.95. The molecule has 1 atom stereocenters. The van der Waals surface area contributed by atoms with Crippen molar-refractivity contribution in [3.63, 3.8) is 0 Å². The first-order valence-electron chi connectivity index (χ1n) is 10.7. The van der Waals surface area contributed by atoms with Gasteiger partial charge in [0.25, 0.3) is 0 Å². The van der Waals surface area contributed by atoms with Gasteiger partial charge in [0.05, 0.1) is 37.2 Å². The summed E-state index contributed by atoms with van der Waals surface area (Å²) in [7, 11) is 0. The average molecular weight is 542 g/mol. The molecular formula is C22H35IN6O2. The number of para-hydroxylation sites is 1. The Balaban J connectivity index is 0.00000341. The second-order valence-electron chi connectivity index (χ2n) is 7.89. The third-order valence-corrected chi connectivity index (χ3v) is 4.95. The molecule has 1 saturated heterocycles. The van der Waals surface area contributed by atoms with E-state index in [4.69, 9.17) is 4.74 Å². The molecule has 2 heterocycles. The number of nitrogens with zero attached hydrogens (tertiary/aromatic N) is 4. The first-order valence-corrected chi connectivity index (χ1v) is 10.7. The average Bonchev–Trinajstić information content (AvgIpc) is 3.22. The molecule has 0 saturated carbocycles. The SMILES string of the molecule is CCNC(=NCC(C)(O)CN1CCOCC1)NCCc1cnn(-c2ccccc2)c1.I. The Hall–Kier alpha value is -1.69. The first-order chi connectivity index (χ1) is 14.6. The number of nitrogens with one attached hydrogen (secondary N) is 2. The van der Waals surface area contributed by atoms with E-state index in [9.17, 15) is 5.11 Å². The normalized spacial score (nSPS) is 16.9. The molecule has 2 aromatic rings. The number of aliphatic hydroxyl groups is 1. The van der Waals surface area contributed by atoms with Crippen molar-refractivity contribution < 1.29 is 9.84 Å². The molecule has 172 valence electrons. The van der Waals surface area contributed by atoms with Crippen LogP contribution < -0.4 is 10.6 Å². The number of guanidine groups is 1. The van der Waals surface area contributed by atoms with E-state index < -0.39 is 5.60 Å². The molecule has 0 radical (unpaired) electrons. The minimum absolute atomic E-state index is 0. The summed E-state index contributed by atoms with van der Waals surface area (Å²) in [6.45, 7) is 9.48. The van der Waals surface area contributed by atoms with Gasteiger partial charge in [0.15, 0.2) is 5.96 Å². The van der Waals surface area contributed by atoms with Crippen LogP contribution in [0.25, 0.3) is 5.69 Å². The van der Waals surface area contributed by atoms with Gasteiger partial charge >= 0.3 is 0 Å². The van der Waals surface area contributed by atoms with Gasteiger partial charge in [-0.25, -0.2) is 4.68 Å². The molecule has 31 heavy (non-hydrogen) atoms. The number of β-amino-alcohol motifs (C(OH)–C–C–N with tert-alkyl or cyclic N) is 1. The highest BCUT2D eigenvalue weighted by Crippen LogP contribution is 2.10.